The molecule has 0 fully saturated rings. The highest BCUT2D eigenvalue weighted by Crippen LogP contribution is 2.27. The fourth-order valence-corrected chi connectivity index (χ4v) is 4.04. The Hall–Kier alpha value is -2.58. The van der Waals surface area contributed by atoms with E-state index in [9.17, 15) is 13.2 Å². The number of ether oxygens (including phenoxy) is 2. The van der Waals surface area contributed by atoms with Gasteiger partial charge in [-0.1, -0.05) is 31.2 Å². The highest BCUT2D eigenvalue weighted by atomic mass is 32.2. The van der Waals surface area contributed by atoms with Crippen LogP contribution < -0.4 is 14.8 Å². The second-order valence-electron chi connectivity index (χ2n) is 5.66. The van der Waals surface area contributed by atoms with Crippen LogP contribution in [0.2, 0.25) is 0 Å². The van der Waals surface area contributed by atoms with E-state index in [2.05, 4.69) is 5.32 Å². The average molecular weight is 392 g/mol. The van der Waals surface area contributed by atoms with Crippen LogP contribution in [0.25, 0.3) is 0 Å². The van der Waals surface area contributed by atoms with Crippen LogP contribution in [0.15, 0.2) is 53.4 Å². The molecule has 27 heavy (non-hydrogen) atoms. The number of carbonyl (C=O) groups is 1. The molecule has 0 unspecified atom stereocenters. The van der Waals surface area contributed by atoms with Crippen molar-refractivity contribution in [2.45, 2.75) is 18.4 Å². The van der Waals surface area contributed by atoms with Crippen molar-refractivity contribution in [3.63, 3.8) is 0 Å². The highest BCUT2D eigenvalue weighted by molar-refractivity contribution is 7.89. The van der Waals surface area contributed by atoms with Gasteiger partial charge in [0, 0.05) is 6.54 Å². The van der Waals surface area contributed by atoms with Gasteiger partial charge in [0.25, 0.3) is 0 Å². The predicted octanol–water partition coefficient (Wildman–Crippen LogP) is 2.03. The Balaban J connectivity index is 2.09. The number of nitrogens with one attached hydrogen (secondary N) is 1. The van der Waals surface area contributed by atoms with Crippen molar-refractivity contribution >= 4 is 15.9 Å². The van der Waals surface area contributed by atoms with Crippen molar-refractivity contribution in [1.82, 2.24) is 9.62 Å². The van der Waals surface area contributed by atoms with Crippen molar-refractivity contribution < 1.29 is 22.7 Å². The molecule has 2 aromatic rings. The molecule has 0 aliphatic heterocycles. The number of nitrogens with zero attached hydrogens (tertiary/aromatic N) is 1. The van der Waals surface area contributed by atoms with Crippen LogP contribution in [-0.2, 0) is 21.4 Å². The molecule has 7 nitrogen and oxygen atoms in total. The van der Waals surface area contributed by atoms with E-state index < -0.39 is 15.9 Å². The minimum atomic E-state index is -3.73. The van der Waals surface area contributed by atoms with Gasteiger partial charge in [-0.2, -0.15) is 4.31 Å². The number of sulfonamides is 1. The monoisotopic (exact) mass is 392 g/mol. The van der Waals surface area contributed by atoms with E-state index in [1.807, 2.05) is 0 Å². The molecule has 0 aliphatic rings. The Kier molecular flexibility index (Phi) is 7.20. The quantitative estimate of drug-likeness (QED) is 0.706. The van der Waals surface area contributed by atoms with Gasteiger partial charge in [0.05, 0.1) is 37.8 Å². The molecule has 146 valence electrons. The summed E-state index contributed by atoms with van der Waals surface area (Å²) in [4.78, 5) is 12.5. The smallest absolute Gasteiger partial charge is 0.243 e. The molecule has 1 N–H and O–H groups in total. The lowest BCUT2D eigenvalue weighted by Gasteiger charge is -2.20. The summed E-state index contributed by atoms with van der Waals surface area (Å²) in [6, 6.07) is 13.4. The van der Waals surface area contributed by atoms with Crippen LogP contribution in [0.1, 0.15) is 12.5 Å². The molecule has 0 heterocycles. The Morgan fingerprint density at radius 1 is 1.00 bits per heavy atom. The number of hydrogen-bond donors (Lipinski definition) is 1. The summed E-state index contributed by atoms with van der Waals surface area (Å²) < 4.78 is 37.1. The van der Waals surface area contributed by atoms with Crippen LogP contribution in [0, 0.1) is 0 Å². The van der Waals surface area contributed by atoms with E-state index in [-0.39, 0.29) is 24.5 Å². The van der Waals surface area contributed by atoms with E-state index in [1.54, 1.807) is 43.3 Å². The van der Waals surface area contributed by atoms with Gasteiger partial charge in [0.2, 0.25) is 15.9 Å². The maximum Gasteiger partial charge on any atom is 0.243 e. The summed E-state index contributed by atoms with van der Waals surface area (Å²) in [7, 11) is -0.666. The maximum atomic E-state index is 12.7. The van der Waals surface area contributed by atoms with Gasteiger partial charge < -0.3 is 14.8 Å². The second kappa shape index (κ2) is 9.38. The van der Waals surface area contributed by atoms with E-state index in [0.717, 1.165) is 4.31 Å². The van der Waals surface area contributed by atoms with Gasteiger partial charge in [0.1, 0.15) is 11.5 Å². The minimum Gasteiger partial charge on any atom is -0.496 e. The number of benzene rings is 2. The SMILES string of the molecule is CCN(CC(=O)NCc1c(OC)cccc1OC)S(=O)(=O)c1ccccc1. The Morgan fingerprint density at radius 3 is 2.11 bits per heavy atom. The average Bonchev–Trinajstić information content (AvgIpc) is 2.70. The lowest BCUT2D eigenvalue weighted by Crippen LogP contribution is -2.40. The maximum absolute atomic E-state index is 12.7. The summed E-state index contributed by atoms with van der Waals surface area (Å²) in [5, 5.41) is 2.73. The van der Waals surface area contributed by atoms with Crippen LogP contribution in [0.4, 0.5) is 0 Å². The number of amides is 1. The molecule has 8 heteroatoms. The molecule has 0 aromatic heterocycles. The highest BCUT2D eigenvalue weighted by Gasteiger charge is 2.25. The number of rotatable bonds is 9. The zero-order valence-corrected chi connectivity index (χ0v) is 16.5. The largest absolute Gasteiger partial charge is 0.496 e. The summed E-state index contributed by atoms with van der Waals surface area (Å²) >= 11 is 0. The van der Waals surface area contributed by atoms with E-state index in [0.29, 0.717) is 17.1 Å². The zero-order chi connectivity index (χ0) is 19.9. The van der Waals surface area contributed by atoms with Crippen LogP contribution in [-0.4, -0.2) is 45.9 Å². The molecular weight excluding hydrogens is 368 g/mol. The van der Waals surface area contributed by atoms with Gasteiger partial charge in [-0.15, -0.1) is 0 Å². The standard InChI is InChI=1S/C19H24N2O5S/c1-4-21(27(23,24)15-9-6-5-7-10-15)14-19(22)20-13-16-17(25-2)11-8-12-18(16)26-3/h5-12H,4,13-14H2,1-3H3,(H,20,22). The lowest BCUT2D eigenvalue weighted by molar-refractivity contribution is -0.121. The number of hydrogen-bond acceptors (Lipinski definition) is 5. The van der Waals surface area contributed by atoms with Gasteiger partial charge >= 0.3 is 0 Å². The Bertz CT molecular complexity index is 847. The molecule has 0 aliphatic carbocycles. The molecule has 0 saturated carbocycles. The van der Waals surface area contributed by atoms with E-state index in [4.69, 9.17) is 9.47 Å². The topological polar surface area (TPSA) is 84.9 Å². The van der Waals surface area contributed by atoms with Crippen molar-refractivity contribution in [3.8, 4) is 11.5 Å². The third-order valence-corrected chi connectivity index (χ3v) is 5.98. The zero-order valence-electron chi connectivity index (χ0n) is 15.6. The van der Waals surface area contributed by atoms with Crippen LogP contribution >= 0.6 is 0 Å². The van der Waals surface area contributed by atoms with Crippen LogP contribution in [0.3, 0.4) is 0 Å². The first-order valence-corrected chi connectivity index (χ1v) is 9.89. The molecular formula is C19H24N2O5S. The van der Waals surface area contributed by atoms with Crippen LogP contribution in [0.5, 0.6) is 11.5 Å². The molecule has 0 bridgehead atoms. The van der Waals surface area contributed by atoms with Crippen molar-refractivity contribution in [3.05, 3.63) is 54.1 Å². The molecule has 0 atom stereocenters. The molecule has 1 amide bonds. The third-order valence-electron chi connectivity index (χ3n) is 4.05. The molecule has 0 spiro atoms. The molecule has 2 aromatic carbocycles. The first kappa shape index (κ1) is 20.7. The lowest BCUT2D eigenvalue weighted by atomic mass is 10.1. The van der Waals surface area contributed by atoms with Gasteiger partial charge in [-0.05, 0) is 24.3 Å². The van der Waals surface area contributed by atoms with E-state index in [1.165, 1.54) is 26.4 Å². The summed E-state index contributed by atoms with van der Waals surface area (Å²) in [6.45, 7) is 1.76. The molecule has 0 saturated heterocycles. The van der Waals surface area contributed by atoms with Crippen molar-refractivity contribution in [2.24, 2.45) is 0 Å². The number of carbonyl (C=O) groups excluding carboxylic acids is 1. The normalized spacial score (nSPS) is 11.3. The second-order valence-corrected chi connectivity index (χ2v) is 7.60. The fourth-order valence-electron chi connectivity index (χ4n) is 2.61. The van der Waals surface area contributed by atoms with Gasteiger partial charge in [0.15, 0.2) is 0 Å². The van der Waals surface area contributed by atoms with Gasteiger partial charge in [-0.25, -0.2) is 8.42 Å². The summed E-state index contributed by atoms with van der Waals surface area (Å²) in [6.07, 6.45) is 0. The minimum absolute atomic E-state index is 0.158. The number of likely N-dealkylation sites (N-methyl/N-ethyl adjacent to an activating group) is 1. The molecule has 0 radical (unpaired) electrons. The predicted molar refractivity (Wildman–Crippen MR) is 102 cm³/mol. The first-order valence-electron chi connectivity index (χ1n) is 8.45. The Morgan fingerprint density at radius 2 is 1.59 bits per heavy atom. The number of methoxy groups -OCH3 is 2. The van der Waals surface area contributed by atoms with Crippen molar-refractivity contribution in [1.29, 1.82) is 0 Å². The fraction of sp³-hybridized carbons (Fsp3) is 0.316. The summed E-state index contributed by atoms with van der Waals surface area (Å²) in [5.74, 6) is 0.752. The third kappa shape index (κ3) is 4.99. The van der Waals surface area contributed by atoms with Crippen molar-refractivity contribution in [2.75, 3.05) is 27.3 Å². The van der Waals surface area contributed by atoms with Gasteiger partial charge in [-0.3, -0.25) is 4.79 Å². The Labute approximate surface area is 160 Å². The molecule has 2 rings (SSSR count). The first-order chi connectivity index (χ1) is 12.9. The van der Waals surface area contributed by atoms with E-state index >= 15 is 0 Å². The summed E-state index contributed by atoms with van der Waals surface area (Å²) in [5.41, 5.74) is 0.685.